The summed E-state index contributed by atoms with van der Waals surface area (Å²) in [6.07, 6.45) is -0.273. The number of esters is 1. The number of carbonyl (C=O) groups is 1. The third kappa shape index (κ3) is 3.30. The molecule has 0 atom stereocenters. The van der Waals surface area contributed by atoms with Gasteiger partial charge in [-0.05, 0) is 11.6 Å². The molecule has 1 aromatic carbocycles. The van der Waals surface area contributed by atoms with Crippen molar-refractivity contribution in [3.63, 3.8) is 0 Å². The van der Waals surface area contributed by atoms with Gasteiger partial charge < -0.3 is 19.5 Å². The summed E-state index contributed by atoms with van der Waals surface area (Å²) in [5.74, 6) is -0.345. The lowest BCUT2D eigenvalue weighted by atomic mass is 10.2. The van der Waals surface area contributed by atoms with Gasteiger partial charge in [-0.15, -0.1) is 11.3 Å². The van der Waals surface area contributed by atoms with Gasteiger partial charge >= 0.3 is 5.97 Å². The molecule has 0 spiro atoms. The molecule has 0 aliphatic carbocycles. The number of anilines is 1. The van der Waals surface area contributed by atoms with Crippen molar-refractivity contribution in [1.82, 2.24) is 0 Å². The van der Waals surface area contributed by atoms with Gasteiger partial charge in [0.2, 0.25) is 0 Å². The number of carbonyl (C=O) groups excluding carboxylic acids is 1. The number of hydrogen-bond donors (Lipinski definition) is 1. The van der Waals surface area contributed by atoms with Gasteiger partial charge in [0.15, 0.2) is 6.29 Å². The van der Waals surface area contributed by atoms with Gasteiger partial charge in [0.05, 0.1) is 32.6 Å². The molecule has 5 nitrogen and oxygen atoms in total. The molecule has 1 aliphatic heterocycles. The van der Waals surface area contributed by atoms with E-state index in [1.165, 1.54) is 18.4 Å². The van der Waals surface area contributed by atoms with Crippen molar-refractivity contribution >= 4 is 23.0 Å². The molecule has 1 fully saturated rings. The Hall–Kier alpha value is -1.89. The maximum Gasteiger partial charge on any atom is 0.350 e. The monoisotopic (exact) mass is 319 g/mol. The van der Waals surface area contributed by atoms with E-state index >= 15 is 0 Å². The predicted octanol–water partition coefficient (Wildman–Crippen LogP) is 2.99. The molecule has 0 unspecified atom stereocenters. The van der Waals surface area contributed by atoms with Crippen LogP contribution in [0.2, 0.25) is 0 Å². The van der Waals surface area contributed by atoms with E-state index in [1.807, 2.05) is 36.4 Å². The fourth-order valence-corrected chi connectivity index (χ4v) is 3.29. The minimum absolute atomic E-state index is 0.273. The topological polar surface area (TPSA) is 56.8 Å². The molecule has 6 heteroatoms. The first-order valence-electron chi connectivity index (χ1n) is 7.02. The van der Waals surface area contributed by atoms with Gasteiger partial charge in [-0.1, -0.05) is 30.3 Å². The van der Waals surface area contributed by atoms with E-state index in [2.05, 4.69) is 5.32 Å². The smallest absolute Gasteiger partial charge is 0.350 e. The number of hydrogen-bond acceptors (Lipinski definition) is 6. The van der Waals surface area contributed by atoms with Crippen LogP contribution in [-0.2, 0) is 14.2 Å². The van der Waals surface area contributed by atoms with Gasteiger partial charge in [0.1, 0.15) is 4.88 Å². The van der Waals surface area contributed by atoms with Crippen LogP contribution in [0.4, 0.5) is 5.69 Å². The van der Waals surface area contributed by atoms with Crippen LogP contribution in [0.3, 0.4) is 0 Å². The zero-order valence-corrected chi connectivity index (χ0v) is 13.0. The largest absolute Gasteiger partial charge is 0.465 e. The molecule has 2 aromatic rings. The van der Waals surface area contributed by atoms with Crippen LogP contribution in [0.25, 0.3) is 10.4 Å². The van der Waals surface area contributed by atoms with Crippen molar-refractivity contribution in [1.29, 1.82) is 0 Å². The van der Waals surface area contributed by atoms with Crippen LogP contribution in [0.15, 0.2) is 36.4 Å². The van der Waals surface area contributed by atoms with Crippen LogP contribution < -0.4 is 5.32 Å². The van der Waals surface area contributed by atoms with Crippen LogP contribution in [-0.4, -0.2) is 39.1 Å². The lowest BCUT2D eigenvalue weighted by Gasteiger charge is -2.11. The minimum atomic E-state index is -0.345. The molecular weight excluding hydrogens is 302 g/mol. The van der Waals surface area contributed by atoms with Gasteiger partial charge in [0, 0.05) is 4.88 Å². The normalized spacial score (nSPS) is 15.0. The van der Waals surface area contributed by atoms with Crippen LogP contribution >= 0.6 is 11.3 Å². The summed E-state index contributed by atoms with van der Waals surface area (Å²) in [4.78, 5) is 13.5. The Morgan fingerprint density at radius 3 is 2.73 bits per heavy atom. The molecule has 1 saturated heterocycles. The van der Waals surface area contributed by atoms with Crippen LogP contribution in [0, 0.1) is 0 Å². The van der Waals surface area contributed by atoms with Crippen LogP contribution in [0.1, 0.15) is 9.67 Å². The number of thiophene rings is 1. The Balaban J connectivity index is 1.83. The molecular formula is C16H17NO4S. The average molecular weight is 319 g/mol. The first kappa shape index (κ1) is 15.0. The van der Waals surface area contributed by atoms with Gasteiger partial charge in [-0.25, -0.2) is 4.79 Å². The fourth-order valence-electron chi connectivity index (χ4n) is 2.23. The molecule has 116 valence electrons. The second kappa shape index (κ2) is 6.91. The number of methoxy groups -OCH3 is 1. The lowest BCUT2D eigenvalue weighted by Crippen LogP contribution is -2.20. The molecule has 22 heavy (non-hydrogen) atoms. The van der Waals surface area contributed by atoms with E-state index in [-0.39, 0.29) is 12.3 Å². The highest BCUT2D eigenvalue weighted by molar-refractivity contribution is 7.18. The maximum atomic E-state index is 12.0. The lowest BCUT2D eigenvalue weighted by molar-refractivity contribution is -0.0299. The molecule has 0 saturated carbocycles. The van der Waals surface area contributed by atoms with Crippen molar-refractivity contribution in [2.45, 2.75) is 6.29 Å². The summed E-state index contributed by atoms with van der Waals surface area (Å²) < 4.78 is 15.7. The Kier molecular flexibility index (Phi) is 4.72. The third-order valence-corrected chi connectivity index (χ3v) is 4.48. The first-order valence-corrected chi connectivity index (χ1v) is 7.84. The van der Waals surface area contributed by atoms with Gasteiger partial charge in [0.25, 0.3) is 0 Å². The van der Waals surface area contributed by atoms with E-state index in [0.29, 0.717) is 24.6 Å². The van der Waals surface area contributed by atoms with Crippen molar-refractivity contribution < 1.29 is 19.0 Å². The molecule has 1 N–H and O–H groups in total. The summed E-state index contributed by atoms with van der Waals surface area (Å²) in [6.45, 7) is 1.71. The highest BCUT2D eigenvalue weighted by Gasteiger charge is 2.20. The van der Waals surface area contributed by atoms with Crippen molar-refractivity contribution in [3.05, 3.63) is 41.3 Å². The summed E-state index contributed by atoms with van der Waals surface area (Å²) in [7, 11) is 1.39. The van der Waals surface area contributed by atoms with Crippen molar-refractivity contribution in [2.75, 3.05) is 32.2 Å². The highest BCUT2D eigenvalue weighted by Crippen LogP contribution is 2.35. The zero-order valence-electron chi connectivity index (χ0n) is 12.2. The van der Waals surface area contributed by atoms with Gasteiger partial charge in [-0.3, -0.25) is 0 Å². The number of benzene rings is 1. The third-order valence-electron chi connectivity index (χ3n) is 3.31. The van der Waals surface area contributed by atoms with E-state index in [9.17, 15) is 4.79 Å². The van der Waals surface area contributed by atoms with E-state index < -0.39 is 0 Å². The Labute approximate surface area is 132 Å². The second-order valence-corrected chi connectivity index (χ2v) is 5.82. The molecule has 0 amide bonds. The minimum Gasteiger partial charge on any atom is -0.465 e. The average Bonchev–Trinajstić information content (AvgIpc) is 3.22. The van der Waals surface area contributed by atoms with E-state index in [0.717, 1.165) is 16.1 Å². The summed E-state index contributed by atoms with van der Waals surface area (Å²) >= 11 is 1.41. The summed E-state index contributed by atoms with van der Waals surface area (Å²) in [6, 6.07) is 11.9. The fraction of sp³-hybridized carbons (Fsp3) is 0.312. The summed E-state index contributed by atoms with van der Waals surface area (Å²) in [5, 5.41) is 3.22. The number of rotatable bonds is 5. The Bertz CT molecular complexity index is 635. The van der Waals surface area contributed by atoms with E-state index in [4.69, 9.17) is 14.2 Å². The maximum absolute atomic E-state index is 12.0. The highest BCUT2D eigenvalue weighted by atomic mass is 32.1. The van der Waals surface area contributed by atoms with Crippen molar-refractivity contribution in [3.8, 4) is 10.4 Å². The summed E-state index contributed by atoms with van der Waals surface area (Å²) in [5.41, 5.74) is 1.81. The molecule has 0 bridgehead atoms. The SMILES string of the molecule is COC(=O)c1sc(-c2ccccc2)cc1NCC1OCCO1. The Morgan fingerprint density at radius 2 is 2.05 bits per heavy atom. The predicted molar refractivity (Wildman–Crippen MR) is 85.3 cm³/mol. The second-order valence-electron chi connectivity index (χ2n) is 4.76. The van der Waals surface area contributed by atoms with Crippen LogP contribution in [0.5, 0.6) is 0 Å². The molecule has 1 aromatic heterocycles. The molecule has 2 heterocycles. The first-order chi connectivity index (χ1) is 10.8. The van der Waals surface area contributed by atoms with Gasteiger partial charge in [-0.2, -0.15) is 0 Å². The molecule has 1 aliphatic rings. The molecule has 3 rings (SSSR count). The standard InChI is InChI=1S/C16H17NO4S/c1-19-16(18)15-12(17-10-14-20-7-8-21-14)9-13(22-15)11-5-3-2-4-6-11/h2-6,9,14,17H,7-8,10H2,1H3. The molecule has 0 radical (unpaired) electrons. The quantitative estimate of drug-likeness (QED) is 0.859. The Morgan fingerprint density at radius 1 is 1.32 bits per heavy atom. The zero-order chi connectivity index (χ0) is 15.4. The van der Waals surface area contributed by atoms with Crippen molar-refractivity contribution in [2.24, 2.45) is 0 Å². The number of ether oxygens (including phenoxy) is 3. The number of nitrogens with one attached hydrogen (secondary N) is 1. The van der Waals surface area contributed by atoms with E-state index in [1.54, 1.807) is 0 Å².